The number of nitrogens with one attached hydrogen (secondary N) is 2. The molecule has 144 valence electrons. The molecule has 0 saturated carbocycles. The van der Waals surface area contributed by atoms with Gasteiger partial charge in [-0.25, -0.2) is 18.1 Å². The number of thiazole rings is 1. The molecule has 4 N–H and O–H groups in total. The molecule has 0 spiro atoms. The van der Waals surface area contributed by atoms with Crippen LogP contribution in [0.25, 0.3) is 11.3 Å². The van der Waals surface area contributed by atoms with E-state index in [0.29, 0.717) is 16.3 Å². The van der Waals surface area contributed by atoms with Crippen LogP contribution < -0.4 is 15.8 Å². The molecule has 10 heteroatoms. The molecule has 3 rings (SSSR count). The molecule has 1 aromatic heterocycles. The number of hydrogen-bond acceptors (Lipinski definition) is 7. The quantitative estimate of drug-likeness (QED) is 0.585. The highest BCUT2D eigenvalue weighted by atomic mass is 32.2. The molecular formula is C18H16N4O4S2. The topological polar surface area (TPSA) is 131 Å². The molecular weight excluding hydrogens is 400 g/mol. The summed E-state index contributed by atoms with van der Waals surface area (Å²) in [5.74, 6) is -1.10. The maximum Gasteiger partial charge on any atom is 0.268 e. The minimum Gasteiger partial charge on any atom is -0.375 e. The van der Waals surface area contributed by atoms with E-state index in [0.717, 1.165) is 23.8 Å². The van der Waals surface area contributed by atoms with Crippen LogP contribution in [0.1, 0.15) is 16.6 Å². The number of nitrogens with two attached hydrogens (primary N) is 1. The first-order valence-electron chi connectivity index (χ1n) is 8.03. The number of benzene rings is 2. The largest absolute Gasteiger partial charge is 0.375 e. The third kappa shape index (κ3) is 4.35. The van der Waals surface area contributed by atoms with Gasteiger partial charge in [-0.15, -0.1) is 0 Å². The number of nitrogens with zero attached hydrogens (tertiary/aromatic N) is 1. The predicted molar refractivity (Wildman–Crippen MR) is 107 cm³/mol. The van der Waals surface area contributed by atoms with Gasteiger partial charge in [0.15, 0.2) is 5.13 Å². The van der Waals surface area contributed by atoms with Crippen LogP contribution in [0.2, 0.25) is 0 Å². The Labute approximate surface area is 165 Å². The van der Waals surface area contributed by atoms with E-state index in [4.69, 9.17) is 5.73 Å². The van der Waals surface area contributed by atoms with Crippen molar-refractivity contribution in [2.75, 3.05) is 11.1 Å². The van der Waals surface area contributed by atoms with Crippen LogP contribution in [0.5, 0.6) is 0 Å². The van der Waals surface area contributed by atoms with E-state index in [2.05, 4.69) is 10.3 Å². The molecule has 0 aliphatic rings. The van der Waals surface area contributed by atoms with Crippen molar-refractivity contribution < 1.29 is 18.0 Å². The molecule has 28 heavy (non-hydrogen) atoms. The highest BCUT2D eigenvalue weighted by Crippen LogP contribution is 2.30. The molecule has 2 aromatic carbocycles. The van der Waals surface area contributed by atoms with Gasteiger partial charge in [0, 0.05) is 18.2 Å². The van der Waals surface area contributed by atoms with Gasteiger partial charge in [-0.1, -0.05) is 41.7 Å². The number of nitrogen functional groups attached to an aromatic ring is 1. The van der Waals surface area contributed by atoms with Crippen molar-refractivity contribution in [1.29, 1.82) is 0 Å². The third-order valence-corrected chi connectivity index (χ3v) is 5.93. The van der Waals surface area contributed by atoms with Crippen molar-refractivity contribution in [2.45, 2.75) is 11.8 Å². The molecule has 1 heterocycles. The van der Waals surface area contributed by atoms with Crippen LogP contribution in [-0.2, 0) is 14.8 Å². The van der Waals surface area contributed by atoms with Gasteiger partial charge in [-0.2, -0.15) is 0 Å². The minimum absolute atomic E-state index is 0.0901. The van der Waals surface area contributed by atoms with E-state index in [9.17, 15) is 18.0 Å². The van der Waals surface area contributed by atoms with E-state index < -0.39 is 21.8 Å². The summed E-state index contributed by atoms with van der Waals surface area (Å²) in [5.41, 5.74) is 7.41. The number of sulfonamides is 1. The smallest absolute Gasteiger partial charge is 0.268 e. The second-order valence-corrected chi connectivity index (χ2v) is 8.45. The summed E-state index contributed by atoms with van der Waals surface area (Å²) in [5, 5.41) is 2.96. The molecule has 3 aromatic rings. The molecule has 0 bridgehead atoms. The van der Waals surface area contributed by atoms with Gasteiger partial charge in [-0.3, -0.25) is 9.59 Å². The Morgan fingerprint density at radius 2 is 1.68 bits per heavy atom. The Morgan fingerprint density at radius 3 is 2.29 bits per heavy atom. The number of aromatic nitrogens is 1. The standard InChI is InChI=1S/C18H16N4O4S2/c1-11(23)22-28(25,26)14-9-7-13(8-10-14)20-17(24)16-15(21-18(19)27-16)12-5-3-2-4-6-12/h2-10H,1H3,(H2,19,21)(H,20,24)(H,22,23). The van der Waals surface area contributed by atoms with Gasteiger partial charge in [0.2, 0.25) is 5.91 Å². The Kier molecular flexibility index (Phi) is 5.43. The second-order valence-electron chi connectivity index (χ2n) is 5.74. The fourth-order valence-electron chi connectivity index (χ4n) is 2.44. The number of rotatable bonds is 5. The maximum absolute atomic E-state index is 12.7. The molecule has 0 aliphatic heterocycles. The molecule has 2 amide bonds. The van der Waals surface area contributed by atoms with Crippen LogP contribution in [0, 0.1) is 0 Å². The lowest BCUT2D eigenvalue weighted by molar-refractivity contribution is -0.117. The van der Waals surface area contributed by atoms with Crippen molar-refractivity contribution in [3.05, 3.63) is 59.5 Å². The van der Waals surface area contributed by atoms with Crippen molar-refractivity contribution in [3.8, 4) is 11.3 Å². The second kappa shape index (κ2) is 7.79. The summed E-state index contributed by atoms with van der Waals surface area (Å²) < 4.78 is 25.8. The fourth-order valence-corrected chi connectivity index (χ4v) is 4.18. The van der Waals surface area contributed by atoms with E-state index in [1.165, 1.54) is 24.3 Å². The summed E-state index contributed by atoms with van der Waals surface area (Å²) in [7, 11) is -3.93. The molecule has 0 aliphatic carbocycles. The molecule has 0 atom stereocenters. The van der Waals surface area contributed by atoms with Crippen LogP contribution in [-0.4, -0.2) is 25.2 Å². The van der Waals surface area contributed by atoms with Gasteiger partial charge in [0.1, 0.15) is 4.88 Å². The van der Waals surface area contributed by atoms with E-state index in [1.807, 2.05) is 35.1 Å². The Hall–Kier alpha value is -3.24. The van der Waals surface area contributed by atoms with Gasteiger partial charge < -0.3 is 11.1 Å². The molecule has 8 nitrogen and oxygen atoms in total. The van der Waals surface area contributed by atoms with E-state index in [1.54, 1.807) is 0 Å². The summed E-state index contributed by atoms with van der Waals surface area (Å²) in [6, 6.07) is 14.6. The highest BCUT2D eigenvalue weighted by molar-refractivity contribution is 7.90. The lowest BCUT2D eigenvalue weighted by Gasteiger charge is -2.08. The zero-order valence-corrected chi connectivity index (χ0v) is 16.3. The lowest BCUT2D eigenvalue weighted by Crippen LogP contribution is -2.28. The Balaban J connectivity index is 1.82. The summed E-state index contributed by atoms with van der Waals surface area (Å²) in [6.45, 7) is 1.11. The Bertz CT molecular complexity index is 1120. The average Bonchev–Trinajstić information content (AvgIpc) is 3.04. The first-order valence-corrected chi connectivity index (χ1v) is 10.3. The van der Waals surface area contributed by atoms with Crippen molar-refractivity contribution >= 4 is 44.0 Å². The fraction of sp³-hybridized carbons (Fsp3) is 0.0556. The van der Waals surface area contributed by atoms with Crippen molar-refractivity contribution in [2.24, 2.45) is 0 Å². The first-order chi connectivity index (χ1) is 13.3. The maximum atomic E-state index is 12.7. The monoisotopic (exact) mass is 416 g/mol. The number of amides is 2. The third-order valence-electron chi connectivity index (χ3n) is 3.60. The number of hydrogen-bond donors (Lipinski definition) is 3. The van der Waals surface area contributed by atoms with Gasteiger partial charge >= 0.3 is 0 Å². The predicted octanol–water partition coefficient (Wildman–Crippen LogP) is 2.47. The highest BCUT2D eigenvalue weighted by Gasteiger charge is 2.19. The zero-order chi connectivity index (χ0) is 20.3. The van der Waals surface area contributed by atoms with Crippen LogP contribution in [0.15, 0.2) is 59.5 Å². The van der Waals surface area contributed by atoms with E-state index in [-0.39, 0.29) is 10.0 Å². The van der Waals surface area contributed by atoms with Crippen LogP contribution >= 0.6 is 11.3 Å². The van der Waals surface area contributed by atoms with Gasteiger partial charge in [0.05, 0.1) is 10.6 Å². The van der Waals surface area contributed by atoms with Crippen LogP contribution in [0.4, 0.5) is 10.8 Å². The van der Waals surface area contributed by atoms with Crippen LogP contribution in [0.3, 0.4) is 0 Å². The number of carbonyl (C=O) groups excluding carboxylic acids is 2. The molecule has 0 saturated heterocycles. The molecule has 0 fully saturated rings. The molecule has 0 radical (unpaired) electrons. The lowest BCUT2D eigenvalue weighted by atomic mass is 10.1. The molecule has 0 unspecified atom stereocenters. The number of carbonyl (C=O) groups is 2. The normalized spacial score (nSPS) is 11.0. The summed E-state index contributed by atoms with van der Waals surface area (Å²) >= 11 is 1.06. The number of anilines is 2. The SMILES string of the molecule is CC(=O)NS(=O)(=O)c1ccc(NC(=O)c2sc(N)nc2-c2ccccc2)cc1. The Morgan fingerprint density at radius 1 is 1.04 bits per heavy atom. The summed E-state index contributed by atoms with van der Waals surface area (Å²) in [6.07, 6.45) is 0. The average molecular weight is 416 g/mol. The summed E-state index contributed by atoms with van der Waals surface area (Å²) in [4.78, 5) is 28.2. The van der Waals surface area contributed by atoms with Gasteiger partial charge in [-0.05, 0) is 24.3 Å². The first kappa shape index (κ1) is 19.5. The van der Waals surface area contributed by atoms with Crippen molar-refractivity contribution in [3.63, 3.8) is 0 Å². The zero-order valence-electron chi connectivity index (χ0n) is 14.7. The van der Waals surface area contributed by atoms with E-state index >= 15 is 0 Å². The van der Waals surface area contributed by atoms with Gasteiger partial charge in [0.25, 0.3) is 15.9 Å². The minimum atomic E-state index is -3.93. The van der Waals surface area contributed by atoms with Crippen molar-refractivity contribution in [1.82, 2.24) is 9.71 Å².